The number of halogens is 1. The van der Waals surface area contributed by atoms with Crippen LogP contribution in [0.15, 0.2) is 35.3 Å². The molecule has 0 saturated heterocycles. The molecule has 0 fully saturated rings. The first kappa shape index (κ1) is 14.6. The van der Waals surface area contributed by atoms with Crippen molar-refractivity contribution in [1.29, 1.82) is 0 Å². The molecule has 0 atom stereocenters. The van der Waals surface area contributed by atoms with Crippen LogP contribution in [0.2, 0.25) is 0 Å². The molecule has 0 unspecified atom stereocenters. The molecule has 0 spiro atoms. The van der Waals surface area contributed by atoms with Crippen molar-refractivity contribution in [2.24, 2.45) is 0 Å². The number of pyridine rings is 1. The second-order valence-corrected chi connectivity index (χ2v) is 6.12. The number of rotatable bonds is 5. The lowest BCUT2D eigenvalue weighted by molar-refractivity contribution is 0.418. The first-order valence-corrected chi connectivity index (χ1v) is 8.06. The van der Waals surface area contributed by atoms with E-state index in [2.05, 4.69) is 42.5 Å². The first-order chi connectivity index (χ1) is 9.19. The molecule has 2 aromatic rings. The van der Waals surface area contributed by atoms with Gasteiger partial charge in [-0.3, -0.25) is 4.79 Å². The summed E-state index contributed by atoms with van der Waals surface area (Å²) in [6, 6.07) is 8.36. The van der Waals surface area contributed by atoms with E-state index in [0.717, 1.165) is 40.0 Å². The first-order valence-electron chi connectivity index (χ1n) is 6.98. The van der Waals surface area contributed by atoms with Crippen LogP contribution in [0.3, 0.4) is 0 Å². The molecule has 2 nitrogen and oxygen atoms in total. The third kappa shape index (κ3) is 3.02. The molecule has 0 amide bonds. The highest BCUT2D eigenvalue weighted by atomic mass is 127. The minimum Gasteiger partial charge on any atom is -0.312 e. The topological polar surface area (TPSA) is 22.0 Å². The van der Waals surface area contributed by atoms with E-state index in [4.69, 9.17) is 0 Å². The SMILES string of the molecule is CCCC(CCC)n1ccc2c(I)cccc2c1=O. The molecule has 3 heteroatoms. The molecule has 102 valence electrons. The molecule has 1 heterocycles. The molecule has 1 aromatic carbocycles. The largest absolute Gasteiger partial charge is 0.312 e. The molecular formula is C16H20INO. The van der Waals surface area contributed by atoms with Crippen LogP contribution in [0.25, 0.3) is 10.8 Å². The normalized spacial score (nSPS) is 11.4. The van der Waals surface area contributed by atoms with Gasteiger partial charge in [-0.25, -0.2) is 0 Å². The third-order valence-electron chi connectivity index (χ3n) is 3.56. The quantitative estimate of drug-likeness (QED) is 0.698. The molecule has 0 aliphatic carbocycles. The summed E-state index contributed by atoms with van der Waals surface area (Å²) in [6.45, 7) is 4.36. The monoisotopic (exact) mass is 369 g/mol. The van der Waals surface area contributed by atoms with Crippen molar-refractivity contribution in [2.45, 2.75) is 45.6 Å². The summed E-state index contributed by atoms with van der Waals surface area (Å²) in [6.07, 6.45) is 6.35. The second kappa shape index (κ2) is 6.55. The van der Waals surface area contributed by atoms with E-state index in [-0.39, 0.29) is 5.56 Å². The molecule has 0 aliphatic rings. The molecule has 0 bridgehead atoms. The predicted octanol–water partition coefficient (Wildman–Crippen LogP) is 4.75. The van der Waals surface area contributed by atoms with Gasteiger partial charge in [0.2, 0.25) is 0 Å². The number of benzene rings is 1. The fraction of sp³-hybridized carbons (Fsp3) is 0.438. The van der Waals surface area contributed by atoms with Crippen LogP contribution in [0.5, 0.6) is 0 Å². The van der Waals surface area contributed by atoms with Gasteiger partial charge in [-0.05, 0) is 53.6 Å². The van der Waals surface area contributed by atoms with Crippen LogP contribution in [0, 0.1) is 3.57 Å². The van der Waals surface area contributed by atoms with E-state index in [1.54, 1.807) is 0 Å². The summed E-state index contributed by atoms with van der Waals surface area (Å²) in [5.41, 5.74) is 0.155. The summed E-state index contributed by atoms with van der Waals surface area (Å²) in [4.78, 5) is 12.6. The van der Waals surface area contributed by atoms with Crippen LogP contribution in [0.1, 0.15) is 45.6 Å². The smallest absolute Gasteiger partial charge is 0.258 e. The van der Waals surface area contributed by atoms with E-state index in [9.17, 15) is 4.79 Å². The zero-order valence-electron chi connectivity index (χ0n) is 11.5. The maximum atomic E-state index is 12.6. The summed E-state index contributed by atoms with van der Waals surface area (Å²) in [5.74, 6) is 0. The highest BCUT2D eigenvalue weighted by Crippen LogP contribution is 2.22. The van der Waals surface area contributed by atoms with Gasteiger partial charge in [0.1, 0.15) is 0 Å². The lowest BCUT2D eigenvalue weighted by Crippen LogP contribution is -2.24. The highest BCUT2D eigenvalue weighted by Gasteiger charge is 2.12. The fourth-order valence-electron chi connectivity index (χ4n) is 2.63. The van der Waals surface area contributed by atoms with E-state index < -0.39 is 0 Å². The van der Waals surface area contributed by atoms with Gasteiger partial charge in [-0.15, -0.1) is 0 Å². The van der Waals surface area contributed by atoms with Gasteiger partial charge < -0.3 is 4.57 Å². The van der Waals surface area contributed by atoms with Crippen molar-refractivity contribution in [3.8, 4) is 0 Å². The van der Waals surface area contributed by atoms with E-state index >= 15 is 0 Å². The van der Waals surface area contributed by atoms with Gasteiger partial charge in [0.15, 0.2) is 0 Å². The Morgan fingerprint density at radius 2 is 1.79 bits per heavy atom. The Morgan fingerprint density at radius 3 is 2.42 bits per heavy atom. The standard InChI is InChI=1S/C16H20INO/c1-3-6-12(7-4-2)18-11-10-13-14(16(18)19)8-5-9-15(13)17/h5,8-12H,3-4,6-7H2,1-2H3. The van der Waals surface area contributed by atoms with Crippen molar-refractivity contribution >= 4 is 33.4 Å². The minimum absolute atomic E-state index is 0.155. The zero-order valence-corrected chi connectivity index (χ0v) is 13.7. The molecule has 0 saturated carbocycles. The summed E-state index contributed by atoms with van der Waals surface area (Å²) < 4.78 is 3.08. The summed E-state index contributed by atoms with van der Waals surface area (Å²) >= 11 is 2.29. The average Bonchev–Trinajstić information content (AvgIpc) is 2.40. The molecule has 1 aromatic heterocycles. The maximum Gasteiger partial charge on any atom is 0.258 e. The van der Waals surface area contributed by atoms with Gasteiger partial charge in [0.05, 0.1) is 0 Å². The van der Waals surface area contributed by atoms with Gasteiger partial charge in [0, 0.05) is 26.6 Å². The number of hydrogen-bond donors (Lipinski definition) is 0. The van der Waals surface area contributed by atoms with E-state index in [1.165, 1.54) is 0 Å². The average molecular weight is 369 g/mol. The Kier molecular flexibility index (Phi) is 5.02. The Bertz CT molecular complexity index is 612. The van der Waals surface area contributed by atoms with Gasteiger partial charge in [-0.1, -0.05) is 32.8 Å². The van der Waals surface area contributed by atoms with Crippen LogP contribution < -0.4 is 5.56 Å². The third-order valence-corrected chi connectivity index (χ3v) is 4.50. The van der Waals surface area contributed by atoms with Crippen molar-refractivity contribution in [3.05, 3.63) is 44.4 Å². The Labute approximate surface area is 128 Å². The van der Waals surface area contributed by atoms with Gasteiger partial charge in [-0.2, -0.15) is 0 Å². The fourth-order valence-corrected chi connectivity index (χ4v) is 3.31. The number of hydrogen-bond acceptors (Lipinski definition) is 1. The predicted molar refractivity (Wildman–Crippen MR) is 89.8 cm³/mol. The molecule has 0 N–H and O–H groups in total. The Hall–Kier alpha value is -0.840. The lowest BCUT2D eigenvalue weighted by atomic mass is 10.1. The number of nitrogens with zero attached hydrogens (tertiary/aromatic N) is 1. The van der Waals surface area contributed by atoms with Crippen molar-refractivity contribution < 1.29 is 0 Å². The molecule has 0 aliphatic heterocycles. The number of fused-ring (bicyclic) bond motifs is 1. The van der Waals surface area contributed by atoms with Gasteiger partial charge >= 0.3 is 0 Å². The zero-order chi connectivity index (χ0) is 13.8. The molecule has 19 heavy (non-hydrogen) atoms. The van der Waals surface area contributed by atoms with Crippen LogP contribution in [0.4, 0.5) is 0 Å². The van der Waals surface area contributed by atoms with E-state index in [1.807, 2.05) is 29.0 Å². The molecule has 0 radical (unpaired) electrons. The van der Waals surface area contributed by atoms with Crippen LogP contribution in [-0.4, -0.2) is 4.57 Å². The Balaban J connectivity index is 2.55. The highest BCUT2D eigenvalue weighted by molar-refractivity contribution is 14.1. The van der Waals surface area contributed by atoms with Crippen molar-refractivity contribution in [2.75, 3.05) is 0 Å². The van der Waals surface area contributed by atoms with E-state index in [0.29, 0.717) is 6.04 Å². The number of aromatic nitrogens is 1. The van der Waals surface area contributed by atoms with Crippen molar-refractivity contribution in [1.82, 2.24) is 4.57 Å². The Morgan fingerprint density at radius 1 is 1.11 bits per heavy atom. The molecule has 2 rings (SSSR count). The minimum atomic E-state index is 0.155. The second-order valence-electron chi connectivity index (χ2n) is 4.96. The van der Waals surface area contributed by atoms with Crippen molar-refractivity contribution in [3.63, 3.8) is 0 Å². The maximum absolute atomic E-state index is 12.6. The lowest BCUT2D eigenvalue weighted by Gasteiger charge is -2.19. The van der Waals surface area contributed by atoms with Gasteiger partial charge in [0.25, 0.3) is 5.56 Å². The summed E-state index contributed by atoms with van der Waals surface area (Å²) in [7, 11) is 0. The summed E-state index contributed by atoms with van der Waals surface area (Å²) in [5, 5.41) is 1.91. The van der Waals surface area contributed by atoms with Crippen LogP contribution in [-0.2, 0) is 0 Å². The van der Waals surface area contributed by atoms with Crippen LogP contribution >= 0.6 is 22.6 Å². The molecular weight excluding hydrogens is 349 g/mol.